The molecule has 39 heavy (non-hydrogen) atoms. The molecule has 0 heterocycles. The van der Waals surface area contributed by atoms with Crippen LogP contribution in [-0.2, 0) is 26.2 Å². The molecular weight excluding hydrogens is 585 g/mol. The second-order valence-electron chi connectivity index (χ2n) is 9.44. The van der Waals surface area contributed by atoms with Crippen LogP contribution in [0.3, 0.4) is 0 Å². The highest BCUT2D eigenvalue weighted by Crippen LogP contribution is 2.25. The van der Waals surface area contributed by atoms with Gasteiger partial charge in [0.15, 0.2) is 0 Å². The van der Waals surface area contributed by atoms with Crippen LogP contribution in [0.25, 0.3) is 0 Å². The normalized spacial score (nSPS) is 12.9. The predicted molar refractivity (Wildman–Crippen MR) is 154 cm³/mol. The molecule has 208 valence electrons. The minimum Gasteiger partial charge on any atom is -0.352 e. The maximum Gasteiger partial charge on any atom is 0.264 e. The fraction of sp³-hybridized carbons (Fsp3) is 0.310. The molecule has 0 aromatic heterocycles. The van der Waals surface area contributed by atoms with E-state index < -0.39 is 34.3 Å². The van der Waals surface area contributed by atoms with E-state index in [4.69, 9.17) is 0 Å². The molecule has 0 radical (unpaired) electrons. The van der Waals surface area contributed by atoms with E-state index in [9.17, 15) is 22.4 Å². The number of halogens is 2. The summed E-state index contributed by atoms with van der Waals surface area (Å²) in [6, 6.07) is 17.5. The largest absolute Gasteiger partial charge is 0.352 e. The van der Waals surface area contributed by atoms with Crippen molar-refractivity contribution in [3.05, 3.63) is 94.2 Å². The molecule has 3 aromatic rings. The highest BCUT2D eigenvalue weighted by molar-refractivity contribution is 9.10. The minimum absolute atomic E-state index is 0.0903. The summed E-state index contributed by atoms with van der Waals surface area (Å²) in [5, 5.41) is 2.90. The topological polar surface area (TPSA) is 86.8 Å². The molecule has 2 amide bonds. The van der Waals surface area contributed by atoms with Gasteiger partial charge in [-0.3, -0.25) is 13.9 Å². The summed E-state index contributed by atoms with van der Waals surface area (Å²) >= 11 is 3.40. The highest BCUT2D eigenvalue weighted by atomic mass is 79.9. The van der Waals surface area contributed by atoms with Gasteiger partial charge in [-0.15, -0.1) is 0 Å². The Morgan fingerprint density at radius 1 is 0.949 bits per heavy atom. The van der Waals surface area contributed by atoms with Gasteiger partial charge in [-0.2, -0.15) is 0 Å². The van der Waals surface area contributed by atoms with Crippen LogP contribution in [0.1, 0.15) is 38.3 Å². The predicted octanol–water partition coefficient (Wildman–Crippen LogP) is 5.42. The number of hydrogen-bond acceptors (Lipinski definition) is 4. The standard InChI is InChI=1S/C29H33BrFN3O4S/c1-5-21(3)32-29(36)22(4)33(18-23-8-10-24(30)11-9-23)28(35)19-34(26-14-6-20(2)7-15-26)39(37,38)27-16-12-25(31)13-17-27/h6-17,21-22H,5,18-19H2,1-4H3,(H,32,36)/t21-,22+/m0/s1. The Bertz CT molecular complexity index is 1380. The Balaban J connectivity index is 2.01. The van der Waals surface area contributed by atoms with Gasteiger partial charge in [0.25, 0.3) is 10.0 Å². The third-order valence-electron chi connectivity index (χ3n) is 6.44. The van der Waals surface area contributed by atoms with Crippen molar-refractivity contribution in [2.45, 2.75) is 57.6 Å². The number of rotatable bonds is 11. The Kier molecular flexibility index (Phi) is 10.3. The number of hydrogen-bond donors (Lipinski definition) is 1. The van der Waals surface area contributed by atoms with Crippen LogP contribution in [0.4, 0.5) is 10.1 Å². The Morgan fingerprint density at radius 3 is 2.10 bits per heavy atom. The molecule has 0 saturated heterocycles. The average Bonchev–Trinajstić information content (AvgIpc) is 2.91. The Labute approximate surface area is 238 Å². The van der Waals surface area contributed by atoms with Crippen molar-refractivity contribution < 1.29 is 22.4 Å². The molecule has 0 unspecified atom stereocenters. The highest BCUT2D eigenvalue weighted by Gasteiger charge is 2.32. The number of amides is 2. The molecule has 3 aromatic carbocycles. The number of nitrogens with one attached hydrogen (secondary N) is 1. The minimum atomic E-state index is -4.25. The van der Waals surface area contributed by atoms with Gasteiger partial charge in [-0.25, -0.2) is 12.8 Å². The van der Waals surface area contributed by atoms with Gasteiger partial charge in [0.1, 0.15) is 18.4 Å². The number of benzene rings is 3. The summed E-state index contributed by atoms with van der Waals surface area (Å²) in [7, 11) is -4.25. The number of carbonyl (C=O) groups is 2. The lowest BCUT2D eigenvalue weighted by atomic mass is 10.1. The van der Waals surface area contributed by atoms with Gasteiger partial charge in [-0.05, 0) is 81.3 Å². The van der Waals surface area contributed by atoms with Gasteiger partial charge in [0.05, 0.1) is 10.6 Å². The van der Waals surface area contributed by atoms with E-state index in [-0.39, 0.29) is 29.1 Å². The van der Waals surface area contributed by atoms with Crippen molar-refractivity contribution in [3.63, 3.8) is 0 Å². The van der Waals surface area contributed by atoms with Crippen LogP contribution in [0.15, 0.2) is 82.2 Å². The number of carbonyl (C=O) groups excluding carboxylic acids is 2. The molecular formula is C29H33BrFN3O4S. The van der Waals surface area contributed by atoms with Crippen LogP contribution in [0.2, 0.25) is 0 Å². The van der Waals surface area contributed by atoms with Gasteiger partial charge in [0, 0.05) is 17.1 Å². The summed E-state index contributed by atoms with van der Waals surface area (Å²) in [6.45, 7) is 6.85. The fourth-order valence-corrected chi connectivity index (χ4v) is 5.49. The first kappa shape index (κ1) is 30.3. The monoisotopic (exact) mass is 617 g/mol. The number of sulfonamides is 1. The van der Waals surface area contributed by atoms with Crippen LogP contribution in [0, 0.1) is 12.7 Å². The summed E-state index contributed by atoms with van der Waals surface area (Å²) in [5.74, 6) is -1.47. The number of anilines is 1. The summed E-state index contributed by atoms with van der Waals surface area (Å²) in [6.07, 6.45) is 0.718. The lowest BCUT2D eigenvalue weighted by molar-refractivity contribution is -0.139. The zero-order valence-electron chi connectivity index (χ0n) is 22.4. The van der Waals surface area contributed by atoms with Crippen molar-refractivity contribution in [2.75, 3.05) is 10.8 Å². The first-order valence-electron chi connectivity index (χ1n) is 12.6. The van der Waals surface area contributed by atoms with E-state index in [0.717, 1.165) is 50.6 Å². The molecule has 3 rings (SSSR count). The third-order valence-corrected chi connectivity index (χ3v) is 8.75. The van der Waals surface area contributed by atoms with Crippen LogP contribution in [-0.4, -0.2) is 43.8 Å². The van der Waals surface area contributed by atoms with E-state index in [2.05, 4.69) is 21.2 Å². The van der Waals surface area contributed by atoms with E-state index in [1.165, 1.54) is 4.90 Å². The molecule has 0 aliphatic rings. The van der Waals surface area contributed by atoms with Gasteiger partial charge in [0.2, 0.25) is 11.8 Å². The maximum atomic E-state index is 13.9. The Morgan fingerprint density at radius 2 is 1.54 bits per heavy atom. The van der Waals surface area contributed by atoms with E-state index in [1.54, 1.807) is 31.2 Å². The van der Waals surface area contributed by atoms with E-state index in [0.29, 0.717) is 0 Å². The van der Waals surface area contributed by atoms with Crippen LogP contribution >= 0.6 is 15.9 Å². The second-order valence-corrected chi connectivity index (χ2v) is 12.2. The lowest BCUT2D eigenvalue weighted by Crippen LogP contribution is -2.52. The van der Waals surface area contributed by atoms with Gasteiger partial charge >= 0.3 is 0 Å². The molecule has 0 saturated carbocycles. The van der Waals surface area contributed by atoms with Crippen molar-refractivity contribution >= 4 is 43.5 Å². The number of nitrogens with zero attached hydrogens (tertiary/aromatic N) is 2. The smallest absolute Gasteiger partial charge is 0.264 e. The molecule has 1 N–H and O–H groups in total. The van der Waals surface area contributed by atoms with Crippen molar-refractivity contribution in [3.8, 4) is 0 Å². The quantitative estimate of drug-likeness (QED) is 0.311. The van der Waals surface area contributed by atoms with Crippen LogP contribution < -0.4 is 9.62 Å². The van der Waals surface area contributed by atoms with Gasteiger partial charge in [-0.1, -0.05) is 52.7 Å². The summed E-state index contributed by atoms with van der Waals surface area (Å²) in [5.41, 5.74) is 1.97. The first-order valence-corrected chi connectivity index (χ1v) is 14.8. The SMILES string of the molecule is CC[C@H](C)NC(=O)[C@@H](C)N(Cc1ccc(Br)cc1)C(=O)CN(c1ccc(C)cc1)S(=O)(=O)c1ccc(F)cc1. The van der Waals surface area contributed by atoms with Crippen molar-refractivity contribution in [1.82, 2.24) is 10.2 Å². The summed E-state index contributed by atoms with van der Waals surface area (Å²) in [4.78, 5) is 28.2. The van der Waals surface area contributed by atoms with Crippen LogP contribution in [0.5, 0.6) is 0 Å². The molecule has 10 heteroatoms. The molecule has 0 fully saturated rings. The molecule has 0 aliphatic carbocycles. The summed E-state index contributed by atoms with van der Waals surface area (Å²) < 4.78 is 42.9. The second kappa shape index (κ2) is 13.2. The number of aryl methyl sites for hydroxylation is 1. The van der Waals surface area contributed by atoms with Crippen molar-refractivity contribution in [1.29, 1.82) is 0 Å². The zero-order chi connectivity index (χ0) is 28.7. The van der Waals surface area contributed by atoms with Crippen molar-refractivity contribution in [2.24, 2.45) is 0 Å². The molecule has 0 aliphatic heterocycles. The average molecular weight is 619 g/mol. The molecule has 0 bridgehead atoms. The third kappa shape index (κ3) is 7.89. The fourth-order valence-electron chi connectivity index (χ4n) is 3.81. The Hall–Kier alpha value is -3.24. The van der Waals surface area contributed by atoms with E-state index in [1.807, 2.05) is 45.0 Å². The lowest BCUT2D eigenvalue weighted by Gasteiger charge is -2.32. The zero-order valence-corrected chi connectivity index (χ0v) is 24.8. The first-order chi connectivity index (χ1) is 18.4. The molecule has 2 atom stereocenters. The maximum absolute atomic E-state index is 13.9. The van der Waals surface area contributed by atoms with E-state index >= 15 is 0 Å². The van der Waals surface area contributed by atoms with Gasteiger partial charge < -0.3 is 10.2 Å². The molecule has 0 spiro atoms. The molecule has 7 nitrogen and oxygen atoms in total.